The van der Waals surface area contributed by atoms with Crippen molar-refractivity contribution in [1.82, 2.24) is 19.9 Å². The molecule has 2 N–H and O–H groups in total. The summed E-state index contributed by atoms with van der Waals surface area (Å²) in [5.41, 5.74) is 23.4. The molecule has 9 rings (SSSR count). The summed E-state index contributed by atoms with van der Waals surface area (Å²) in [5, 5.41) is 0. The van der Waals surface area contributed by atoms with E-state index in [1.54, 1.807) is 0 Å². The Hall–Kier alpha value is -6.26. The van der Waals surface area contributed by atoms with Crippen LogP contribution >= 0.6 is 0 Å². The molecule has 0 atom stereocenters. The number of aromatic nitrogens is 4. The van der Waals surface area contributed by atoms with Crippen LogP contribution in [0.2, 0.25) is 0 Å². The largest absolute Gasteiger partial charge is 0.354 e. The second kappa shape index (κ2) is 15.1. The molecule has 0 spiro atoms. The average molecular weight is 729 g/mol. The number of hydrogen-bond donors (Lipinski definition) is 2. The van der Waals surface area contributed by atoms with Crippen molar-refractivity contribution in [3.05, 3.63) is 167 Å². The number of fused-ring (bicyclic) bond motifs is 8. The molecule has 2 aliphatic rings. The summed E-state index contributed by atoms with van der Waals surface area (Å²) in [5.74, 6) is 0. The molecule has 0 aliphatic carbocycles. The van der Waals surface area contributed by atoms with Gasteiger partial charge in [0.25, 0.3) is 0 Å². The molecule has 5 heterocycles. The predicted molar refractivity (Wildman–Crippen MR) is 236 cm³/mol. The van der Waals surface area contributed by atoms with Crippen LogP contribution in [0.25, 0.3) is 77.7 Å². The zero-order valence-electron chi connectivity index (χ0n) is 32.8. The van der Waals surface area contributed by atoms with E-state index in [1.807, 2.05) is 0 Å². The molecular weight excluding hydrogens is 681 g/mol. The van der Waals surface area contributed by atoms with Gasteiger partial charge in [0.05, 0.1) is 33.8 Å². The normalized spacial score (nSPS) is 12.7. The number of allylic oxidation sites excluding steroid dienone is 2. The zero-order chi connectivity index (χ0) is 38.2. The van der Waals surface area contributed by atoms with Crippen molar-refractivity contribution in [2.75, 3.05) is 0 Å². The van der Waals surface area contributed by atoms with Crippen LogP contribution in [0.5, 0.6) is 0 Å². The highest BCUT2D eigenvalue weighted by Gasteiger charge is 2.28. The second-order valence-electron chi connectivity index (χ2n) is 14.8. The molecule has 2 aliphatic heterocycles. The highest BCUT2D eigenvalue weighted by atomic mass is 14.8. The maximum atomic E-state index is 5.83. The maximum absolute atomic E-state index is 5.83. The minimum absolute atomic E-state index is 0.851. The van der Waals surface area contributed by atoms with Crippen molar-refractivity contribution in [3.63, 3.8) is 0 Å². The Bertz CT molecular complexity index is 2750. The van der Waals surface area contributed by atoms with E-state index in [2.05, 4.69) is 171 Å². The van der Waals surface area contributed by atoms with Crippen LogP contribution in [-0.2, 0) is 25.7 Å². The Balaban J connectivity index is 1.59. The molecule has 4 aromatic carbocycles. The third-order valence-electron chi connectivity index (χ3n) is 11.7. The van der Waals surface area contributed by atoms with E-state index in [0.29, 0.717) is 0 Å². The van der Waals surface area contributed by atoms with Crippen LogP contribution in [0, 0.1) is 0 Å². The standard InChI is InChI=1S/C52H48N4/c1-5-37-39(7-3)51-48(36-27-19-12-20-28-36)52-40(8-4)38(6-2)50(56-52)47(35-25-17-11-18-26-35)44-32-30-42(54-44)45(33-21-13-9-14-22-33)41-29-31-43(53-41)46(49(37)55-51)34-23-15-10-16-24-34/h9-29,31,53,56H,5-8,30,32H2,1-4H3. The van der Waals surface area contributed by atoms with Crippen LogP contribution in [-0.4, -0.2) is 19.9 Å². The summed E-state index contributed by atoms with van der Waals surface area (Å²) in [6.45, 7) is 9.17. The van der Waals surface area contributed by atoms with Gasteiger partial charge in [-0.25, -0.2) is 4.98 Å². The van der Waals surface area contributed by atoms with Gasteiger partial charge in [-0.05, 0) is 95.2 Å². The second-order valence-corrected chi connectivity index (χ2v) is 14.8. The minimum Gasteiger partial charge on any atom is -0.354 e. The summed E-state index contributed by atoms with van der Waals surface area (Å²) in [6, 6.07) is 47.9. The Morgan fingerprint density at radius 1 is 0.393 bits per heavy atom. The minimum atomic E-state index is 0.851. The molecule has 0 fully saturated rings. The lowest BCUT2D eigenvalue weighted by Gasteiger charge is -2.11. The number of H-pyrrole nitrogens is 2. The summed E-state index contributed by atoms with van der Waals surface area (Å²) in [4.78, 5) is 19.6. The van der Waals surface area contributed by atoms with Gasteiger partial charge in [0.1, 0.15) is 0 Å². The molecule has 276 valence electrons. The van der Waals surface area contributed by atoms with Gasteiger partial charge in [-0.15, -0.1) is 0 Å². The fraction of sp³-hybridized carbons (Fsp3) is 0.192. The third kappa shape index (κ3) is 6.01. The quantitative estimate of drug-likeness (QED) is 0.164. The average Bonchev–Trinajstić information content (AvgIpc) is 4.06. The van der Waals surface area contributed by atoms with Gasteiger partial charge in [-0.2, -0.15) is 0 Å². The van der Waals surface area contributed by atoms with Crippen molar-refractivity contribution in [1.29, 1.82) is 0 Å². The lowest BCUT2D eigenvalue weighted by molar-refractivity contribution is 1.03. The monoisotopic (exact) mass is 728 g/mol. The predicted octanol–water partition coefficient (Wildman–Crippen LogP) is 13.6. The first kappa shape index (κ1) is 35.4. The van der Waals surface area contributed by atoms with E-state index < -0.39 is 0 Å². The number of benzene rings is 4. The van der Waals surface area contributed by atoms with Crippen molar-refractivity contribution in [2.45, 2.75) is 66.2 Å². The van der Waals surface area contributed by atoms with Crippen molar-refractivity contribution in [2.24, 2.45) is 0 Å². The summed E-state index contributed by atoms with van der Waals surface area (Å²) in [7, 11) is 0. The van der Waals surface area contributed by atoms with Gasteiger partial charge < -0.3 is 9.97 Å². The summed E-state index contributed by atoms with van der Waals surface area (Å²) in [6.07, 6.45) is 5.24. The number of nitrogens with one attached hydrogen (secondary N) is 2. The van der Waals surface area contributed by atoms with Crippen LogP contribution < -0.4 is 0 Å². The molecule has 0 saturated carbocycles. The number of rotatable bonds is 8. The van der Waals surface area contributed by atoms with Crippen LogP contribution in [0.3, 0.4) is 0 Å². The first-order valence-corrected chi connectivity index (χ1v) is 20.4. The fourth-order valence-electron chi connectivity index (χ4n) is 9.22. The molecular formula is C52H48N4. The fourth-order valence-corrected chi connectivity index (χ4v) is 9.22. The van der Waals surface area contributed by atoms with Gasteiger partial charge in [-0.3, -0.25) is 4.98 Å². The molecule has 0 radical (unpaired) electrons. The van der Waals surface area contributed by atoms with Crippen molar-refractivity contribution < 1.29 is 0 Å². The van der Waals surface area contributed by atoms with E-state index in [0.717, 1.165) is 100 Å². The van der Waals surface area contributed by atoms with E-state index in [1.165, 1.54) is 50.0 Å². The molecule has 4 nitrogen and oxygen atoms in total. The molecule has 0 amide bonds. The Morgan fingerprint density at radius 3 is 1.27 bits per heavy atom. The van der Waals surface area contributed by atoms with E-state index >= 15 is 0 Å². The van der Waals surface area contributed by atoms with Crippen LogP contribution in [0.4, 0.5) is 0 Å². The smallest absolute Gasteiger partial charge is 0.0772 e. The number of aromatic amines is 2. The van der Waals surface area contributed by atoms with Gasteiger partial charge in [0.2, 0.25) is 0 Å². The zero-order valence-corrected chi connectivity index (χ0v) is 32.8. The molecule has 8 bridgehead atoms. The van der Waals surface area contributed by atoms with Gasteiger partial charge in [0, 0.05) is 33.3 Å². The van der Waals surface area contributed by atoms with Crippen LogP contribution in [0.15, 0.2) is 133 Å². The first-order chi connectivity index (χ1) is 27.6. The summed E-state index contributed by atoms with van der Waals surface area (Å²) < 4.78 is 0. The molecule has 56 heavy (non-hydrogen) atoms. The third-order valence-corrected chi connectivity index (χ3v) is 11.7. The molecule has 3 aromatic heterocycles. The van der Waals surface area contributed by atoms with Crippen LogP contribution in [0.1, 0.15) is 74.4 Å². The molecule has 4 heteroatoms. The van der Waals surface area contributed by atoms with Gasteiger partial charge in [-0.1, -0.05) is 149 Å². The van der Waals surface area contributed by atoms with Gasteiger partial charge >= 0.3 is 0 Å². The van der Waals surface area contributed by atoms with Crippen molar-refractivity contribution >= 4 is 33.2 Å². The van der Waals surface area contributed by atoms with Gasteiger partial charge in [0.15, 0.2) is 0 Å². The van der Waals surface area contributed by atoms with E-state index in [9.17, 15) is 0 Å². The maximum Gasteiger partial charge on any atom is 0.0772 e. The lowest BCUT2D eigenvalue weighted by atomic mass is 9.91. The summed E-state index contributed by atoms with van der Waals surface area (Å²) >= 11 is 0. The first-order valence-electron chi connectivity index (χ1n) is 20.4. The number of nitrogens with zero attached hydrogens (tertiary/aromatic N) is 2. The topological polar surface area (TPSA) is 57.4 Å². The SMILES string of the molecule is CCC1=C(CC)c2nc1c(-c1ccccc1)c1ccc([nH]1)c(-c1ccccc1)c1nc(c(-c3ccccc3)c3[nH]c(c(CC)c3CC)c2-c2ccccc2)CC1. The molecule has 0 unspecified atom stereocenters. The number of hydrogen-bond acceptors (Lipinski definition) is 2. The Kier molecular flexibility index (Phi) is 9.56. The highest BCUT2D eigenvalue weighted by molar-refractivity contribution is 6.05. The highest BCUT2D eigenvalue weighted by Crippen LogP contribution is 2.46. The van der Waals surface area contributed by atoms with E-state index in [-0.39, 0.29) is 0 Å². The molecule has 0 saturated heterocycles. The number of aryl methyl sites for hydroxylation is 4. The Morgan fingerprint density at radius 2 is 0.786 bits per heavy atom. The molecule has 7 aromatic rings. The Labute approximate surface area is 330 Å². The lowest BCUT2D eigenvalue weighted by Crippen LogP contribution is -1.93. The van der Waals surface area contributed by atoms with E-state index in [4.69, 9.17) is 9.97 Å². The van der Waals surface area contributed by atoms with Crippen molar-refractivity contribution in [3.8, 4) is 44.5 Å².